The Bertz CT molecular complexity index is 1100. The number of aryl methyl sites for hydroxylation is 1. The zero-order chi connectivity index (χ0) is 43.7. The molecule has 1 rings (SSSR count). The number of aromatic nitrogens is 3. The van der Waals surface area contributed by atoms with Crippen LogP contribution < -0.4 is 11.1 Å². The molecule has 1 heterocycles. The van der Waals surface area contributed by atoms with Crippen molar-refractivity contribution in [3.8, 4) is 0 Å². The van der Waals surface area contributed by atoms with E-state index in [0.717, 1.165) is 103 Å². The zero-order valence-corrected chi connectivity index (χ0v) is 40.2. The monoisotopic (exact) mass is 847 g/mol. The second kappa shape index (κ2) is 40.7. The number of nitrogens with two attached hydrogens (primary N) is 1. The van der Waals surface area contributed by atoms with Crippen LogP contribution in [0.3, 0.4) is 0 Å². The molecule has 0 fully saturated rings. The summed E-state index contributed by atoms with van der Waals surface area (Å²) in [4.78, 5) is 32.3. The van der Waals surface area contributed by atoms with Crippen LogP contribution in [0.5, 0.6) is 0 Å². The number of ether oxygens (including phenoxy) is 2. The minimum Gasteiger partial charge on any atom is -0.462 e. The molecule has 1 unspecified atom stereocenters. The van der Waals surface area contributed by atoms with Gasteiger partial charge in [-0.25, -0.2) is 4.68 Å². The van der Waals surface area contributed by atoms with Crippen LogP contribution in [0.1, 0.15) is 252 Å². The van der Waals surface area contributed by atoms with Crippen molar-refractivity contribution in [2.45, 2.75) is 265 Å². The third kappa shape index (κ3) is 33.3. The quantitative estimate of drug-likeness (QED) is 0.0487. The first-order valence-electron chi connectivity index (χ1n) is 25.8. The molecule has 0 radical (unpaired) electrons. The number of nitrogens with one attached hydrogen (secondary N) is 1. The van der Waals surface area contributed by atoms with Gasteiger partial charge in [-0.15, -0.1) is 5.10 Å². The van der Waals surface area contributed by atoms with Crippen molar-refractivity contribution >= 4 is 23.8 Å². The van der Waals surface area contributed by atoms with Crippen LogP contribution >= 0.6 is 0 Å². The van der Waals surface area contributed by atoms with Gasteiger partial charge in [0, 0.05) is 26.4 Å². The largest absolute Gasteiger partial charge is 0.462 e. The molecular weight excluding hydrogens is 749 g/mol. The molecule has 0 amide bonds. The Morgan fingerprint density at radius 3 is 1.37 bits per heavy atom. The molecule has 60 heavy (non-hydrogen) atoms. The molecular formula is C50H98N6O4. The average molecular weight is 847 g/mol. The van der Waals surface area contributed by atoms with E-state index in [0.29, 0.717) is 24.7 Å². The lowest BCUT2D eigenvalue weighted by atomic mass is 10.0. The normalized spacial score (nSPS) is 12.1. The van der Waals surface area contributed by atoms with Gasteiger partial charge in [0.25, 0.3) is 0 Å². The number of nitrogen functional groups attached to an aromatic ring is 1. The molecule has 0 aliphatic carbocycles. The first-order chi connectivity index (χ1) is 29.3. The summed E-state index contributed by atoms with van der Waals surface area (Å²) < 4.78 is 13.6. The lowest BCUT2D eigenvalue weighted by molar-refractivity contribution is -0.150. The number of carbonyl (C=O) groups is 2. The summed E-state index contributed by atoms with van der Waals surface area (Å²) in [5, 5.41) is 7.52. The molecule has 0 aromatic carbocycles. The fourth-order valence-electron chi connectivity index (χ4n) is 8.22. The first kappa shape index (κ1) is 55.7. The second-order valence-electron chi connectivity index (χ2n) is 17.9. The summed E-state index contributed by atoms with van der Waals surface area (Å²) >= 11 is 0. The fraction of sp³-hybridized carbons (Fsp3) is 0.920. The van der Waals surface area contributed by atoms with Crippen LogP contribution in [-0.2, 0) is 26.1 Å². The molecule has 0 spiro atoms. The van der Waals surface area contributed by atoms with Gasteiger partial charge in [0.2, 0.25) is 11.9 Å². The molecule has 1 aromatic heterocycles. The number of carbonyl (C=O) groups excluding carboxylic acids is 2. The summed E-state index contributed by atoms with van der Waals surface area (Å²) in [5.41, 5.74) is 5.76. The summed E-state index contributed by atoms with van der Waals surface area (Å²) in [6, 6.07) is 0. The molecule has 10 nitrogen and oxygen atoms in total. The average Bonchev–Trinajstić information content (AvgIpc) is 3.56. The summed E-state index contributed by atoms with van der Waals surface area (Å²) in [6.45, 7) is 13.0. The van der Waals surface area contributed by atoms with Crippen molar-refractivity contribution in [1.82, 2.24) is 19.7 Å². The number of rotatable bonds is 45. The van der Waals surface area contributed by atoms with Crippen molar-refractivity contribution in [2.24, 2.45) is 7.05 Å². The van der Waals surface area contributed by atoms with Crippen LogP contribution in [0.15, 0.2) is 0 Å². The molecule has 0 bridgehead atoms. The van der Waals surface area contributed by atoms with Crippen LogP contribution in [0.25, 0.3) is 0 Å². The van der Waals surface area contributed by atoms with Gasteiger partial charge in [-0.05, 0) is 96.7 Å². The van der Waals surface area contributed by atoms with E-state index in [1.807, 2.05) is 7.05 Å². The molecule has 3 N–H and O–H groups in total. The van der Waals surface area contributed by atoms with Gasteiger partial charge in [-0.2, -0.15) is 4.98 Å². The number of esters is 2. The van der Waals surface area contributed by atoms with E-state index in [1.165, 1.54) is 135 Å². The summed E-state index contributed by atoms with van der Waals surface area (Å²) in [5.74, 6) is 1.01. The van der Waals surface area contributed by atoms with Gasteiger partial charge in [0.05, 0.1) is 0 Å². The van der Waals surface area contributed by atoms with E-state index in [2.05, 4.69) is 48.0 Å². The Kier molecular flexibility index (Phi) is 37.8. The molecule has 10 heteroatoms. The smallest absolute Gasteiger partial charge is 0.306 e. The molecule has 352 valence electrons. The van der Waals surface area contributed by atoms with E-state index in [1.54, 1.807) is 4.68 Å². The van der Waals surface area contributed by atoms with Crippen LogP contribution in [-0.4, -0.2) is 70.0 Å². The van der Waals surface area contributed by atoms with Crippen molar-refractivity contribution in [3.63, 3.8) is 0 Å². The third-order valence-electron chi connectivity index (χ3n) is 12.1. The standard InChI is InChI=1S/C50H98N6O4/c1-6-10-13-16-21-28-36-45(9-4)59-47(57)39-31-24-19-26-33-42-56(44-35-41-52-50-53-49(51)54-55(50)5)43-34-27-20-25-32-40-48(58)60-46(37-29-22-17-14-11-7-2)38-30-23-18-15-12-8-3/h45-46H,6-44H2,1-5H3,(H3,51,52,53,54). The predicted molar refractivity (Wildman–Crippen MR) is 254 cm³/mol. The lowest BCUT2D eigenvalue weighted by Gasteiger charge is -2.22. The molecule has 0 saturated carbocycles. The highest BCUT2D eigenvalue weighted by Gasteiger charge is 2.15. The van der Waals surface area contributed by atoms with Crippen LogP contribution in [0, 0.1) is 0 Å². The SMILES string of the molecule is CCCCCCCCC(CC)OC(=O)CCCCCCCN(CCCCCCCC(=O)OC(CCCCCCCC)CCCCCCCC)CCCNc1nc(N)nn1C. The van der Waals surface area contributed by atoms with Gasteiger partial charge >= 0.3 is 11.9 Å². The van der Waals surface area contributed by atoms with E-state index >= 15 is 0 Å². The van der Waals surface area contributed by atoms with Gasteiger partial charge in [0.1, 0.15) is 12.2 Å². The number of nitrogens with zero attached hydrogens (tertiary/aromatic N) is 4. The lowest BCUT2D eigenvalue weighted by Crippen LogP contribution is -2.28. The Balaban J connectivity index is 2.37. The van der Waals surface area contributed by atoms with Crippen molar-refractivity contribution in [2.75, 3.05) is 37.2 Å². The molecule has 1 aromatic rings. The summed E-state index contributed by atoms with van der Waals surface area (Å²) in [6.07, 6.45) is 40.4. The van der Waals surface area contributed by atoms with E-state index < -0.39 is 0 Å². The number of hydrogen-bond donors (Lipinski definition) is 2. The molecule has 0 saturated heterocycles. The van der Waals surface area contributed by atoms with Gasteiger partial charge < -0.3 is 25.4 Å². The van der Waals surface area contributed by atoms with Gasteiger partial charge in [-0.1, -0.05) is 163 Å². The Morgan fingerprint density at radius 1 is 0.550 bits per heavy atom. The predicted octanol–water partition coefficient (Wildman–Crippen LogP) is 13.7. The Hall–Kier alpha value is -2.36. The number of anilines is 2. The fourth-order valence-corrected chi connectivity index (χ4v) is 8.22. The van der Waals surface area contributed by atoms with E-state index in [4.69, 9.17) is 15.2 Å². The first-order valence-corrected chi connectivity index (χ1v) is 25.8. The highest BCUT2D eigenvalue weighted by molar-refractivity contribution is 5.69. The summed E-state index contributed by atoms with van der Waals surface area (Å²) in [7, 11) is 1.86. The molecule has 0 aliphatic rings. The second-order valence-corrected chi connectivity index (χ2v) is 17.9. The zero-order valence-electron chi connectivity index (χ0n) is 40.2. The van der Waals surface area contributed by atoms with E-state index in [9.17, 15) is 9.59 Å². The molecule has 1 atom stereocenters. The highest BCUT2D eigenvalue weighted by Crippen LogP contribution is 2.19. The third-order valence-corrected chi connectivity index (χ3v) is 12.1. The van der Waals surface area contributed by atoms with E-state index in [-0.39, 0.29) is 24.1 Å². The maximum Gasteiger partial charge on any atom is 0.306 e. The van der Waals surface area contributed by atoms with Crippen molar-refractivity contribution in [3.05, 3.63) is 0 Å². The topological polar surface area (TPSA) is 125 Å². The Labute approximate surface area is 370 Å². The highest BCUT2D eigenvalue weighted by atomic mass is 16.5. The maximum absolute atomic E-state index is 12.9. The van der Waals surface area contributed by atoms with Crippen molar-refractivity contribution in [1.29, 1.82) is 0 Å². The Morgan fingerprint density at radius 2 is 0.933 bits per heavy atom. The van der Waals surface area contributed by atoms with Gasteiger partial charge in [-0.3, -0.25) is 9.59 Å². The minimum absolute atomic E-state index is 0.0113. The number of unbranched alkanes of at least 4 members (excludes halogenated alkanes) is 23. The minimum atomic E-state index is -0.0113. The van der Waals surface area contributed by atoms with Crippen LogP contribution in [0.2, 0.25) is 0 Å². The molecule has 0 aliphatic heterocycles. The number of hydrogen-bond acceptors (Lipinski definition) is 9. The van der Waals surface area contributed by atoms with Crippen LogP contribution in [0.4, 0.5) is 11.9 Å². The maximum atomic E-state index is 12.9. The van der Waals surface area contributed by atoms with Crippen molar-refractivity contribution < 1.29 is 19.1 Å². The van der Waals surface area contributed by atoms with Gasteiger partial charge in [0.15, 0.2) is 0 Å².